The van der Waals surface area contributed by atoms with Crippen LogP contribution < -0.4 is 10.2 Å². The molecule has 0 aromatic heterocycles. The standard InChI is InChI=1S/C24H23F2N3O5/c1-13-8-15(18-5-4-16(25)12-19(18)26)11-17(9-13)29(24(34)27-7-6-21(31)32)22-20(30)10-14(2)28(3)23(22)33/h4-5,8-12,22H,6-7H2,1-3H3,(H,27,34)(H,31,32)/t22-/m0/s1. The summed E-state index contributed by atoms with van der Waals surface area (Å²) >= 11 is 0. The number of hydrogen-bond donors (Lipinski definition) is 2. The number of carboxylic acid groups (broad SMARTS) is 1. The Morgan fingerprint density at radius 2 is 1.82 bits per heavy atom. The first kappa shape index (κ1) is 24.6. The van der Waals surface area contributed by atoms with Crippen LogP contribution in [0, 0.1) is 18.6 Å². The minimum absolute atomic E-state index is 0.0618. The van der Waals surface area contributed by atoms with Gasteiger partial charge in [-0.05, 0) is 49.2 Å². The van der Waals surface area contributed by atoms with Crippen LogP contribution in [0.4, 0.5) is 19.3 Å². The number of urea groups is 1. The van der Waals surface area contributed by atoms with Gasteiger partial charge in [0.1, 0.15) is 11.6 Å². The lowest BCUT2D eigenvalue weighted by atomic mass is 9.99. The SMILES string of the molecule is CC1=CC(=O)[C@H](N(C(=O)NCCC(=O)O)c2cc(C)cc(-c3ccc(F)cc3F)c2)C(=O)N1C. The number of rotatable bonds is 6. The molecule has 0 unspecified atom stereocenters. The molecule has 2 aromatic rings. The molecule has 3 amide bonds. The van der Waals surface area contributed by atoms with Crippen LogP contribution in [0.2, 0.25) is 0 Å². The second-order valence-electron chi connectivity index (χ2n) is 7.91. The van der Waals surface area contributed by atoms with Gasteiger partial charge in [0.25, 0.3) is 5.91 Å². The van der Waals surface area contributed by atoms with Crippen LogP contribution in [0.3, 0.4) is 0 Å². The van der Waals surface area contributed by atoms with Crippen LogP contribution in [-0.4, -0.2) is 53.3 Å². The lowest BCUT2D eigenvalue weighted by Gasteiger charge is -2.35. The number of allylic oxidation sites excluding steroid dienone is 1. The zero-order chi connectivity index (χ0) is 25.2. The quantitative estimate of drug-likeness (QED) is 0.629. The number of nitrogens with one attached hydrogen (secondary N) is 1. The number of carbonyl (C=O) groups excluding carboxylic acids is 3. The fraction of sp³-hybridized carbons (Fsp3) is 0.250. The van der Waals surface area contributed by atoms with E-state index >= 15 is 0 Å². The van der Waals surface area contributed by atoms with Crippen LogP contribution in [0.5, 0.6) is 0 Å². The number of hydrogen-bond acceptors (Lipinski definition) is 4. The highest BCUT2D eigenvalue weighted by molar-refractivity contribution is 6.19. The number of aryl methyl sites for hydroxylation is 1. The van der Waals surface area contributed by atoms with E-state index in [-0.39, 0.29) is 24.2 Å². The summed E-state index contributed by atoms with van der Waals surface area (Å²) in [5.74, 6) is -4.01. The molecule has 10 heteroatoms. The molecule has 0 saturated carbocycles. The van der Waals surface area contributed by atoms with Gasteiger partial charge in [-0.25, -0.2) is 13.6 Å². The molecule has 2 aromatic carbocycles. The van der Waals surface area contributed by atoms with E-state index in [1.54, 1.807) is 19.9 Å². The second kappa shape index (κ2) is 9.82. The van der Waals surface area contributed by atoms with E-state index in [0.29, 0.717) is 16.8 Å². The summed E-state index contributed by atoms with van der Waals surface area (Å²) in [4.78, 5) is 52.0. The van der Waals surface area contributed by atoms with Crippen LogP contribution in [0.25, 0.3) is 11.1 Å². The van der Waals surface area contributed by atoms with E-state index in [0.717, 1.165) is 17.0 Å². The smallest absolute Gasteiger partial charge is 0.323 e. The molecule has 1 aliphatic heterocycles. The summed E-state index contributed by atoms with van der Waals surface area (Å²) in [6.45, 7) is 3.01. The number of halogens is 2. The van der Waals surface area contributed by atoms with E-state index in [1.165, 1.54) is 36.2 Å². The van der Waals surface area contributed by atoms with Crippen molar-refractivity contribution < 1.29 is 33.1 Å². The monoisotopic (exact) mass is 471 g/mol. The fourth-order valence-corrected chi connectivity index (χ4v) is 3.62. The highest BCUT2D eigenvalue weighted by Crippen LogP contribution is 2.31. The number of ketones is 1. The Morgan fingerprint density at radius 3 is 2.47 bits per heavy atom. The first-order valence-corrected chi connectivity index (χ1v) is 10.3. The summed E-state index contributed by atoms with van der Waals surface area (Å²) in [5, 5.41) is 11.3. The Labute approximate surface area is 194 Å². The third-order valence-corrected chi connectivity index (χ3v) is 5.39. The Morgan fingerprint density at radius 1 is 1.12 bits per heavy atom. The Kier molecular flexibility index (Phi) is 7.09. The van der Waals surface area contributed by atoms with Gasteiger partial charge in [0, 0.05) is 42.7 Å². The molecule has 2 N–H and O–H groups in total. The summed E-state index contributed by atoms with van der Waals surface area (Å²) in [6, 6.07) is 5.20. The lowest BCUT2D eigenvalue weighted by molar-refractivity contribution is -0.137. The van der Waals surface area contributed by atoms with E-state index in [9.17, 15) is 28.0 Å². The maximum atomic E-state index is 14.5. The van der Waals surface area contributed by atoms with E-state index < -0.39 is 41.4 Å². The highest BCUT2D eigenvalue weighted by atomic mass is 19.1. The van der Waals surface area contributed by atoms with Crippen molar-refractivity contribution in [1.29, 1.82) is 0 Å². The number of anilines is 1. The zero-order valence-corrected chi connectivity index (χ0v) is 18.8. The van der Waals surface area contributed by atoms with Crippen LogP contribution in [0.15, 0.2) is 48.2 Å². The molecule has 0 aliphatic carbocycles. The van der Waals surface area contributed by atoms with Crippen molar-refractivity contribution in [2.75, 3.05) is 18.5 Å². The summed E-state index contributed by atoms with van der Waals surface area (Å²) in [7, 11) is 1.46. The maximum Gasteiger partial charge on any atom is 0.323 e. The van der Waals surface area contributed by atoms with Crippen LogP contribution >= 0.6 is 0 Å². The van der Waals surface area contributed by atoms with E-state index in [4.69, 9.17) is 5.11 Å². The fourth-order valence-electron chi connectivity index (χ4n) is 3.62. The maximum absolute atomic E-state index is 14.5. The summed E-state index contributed by atoms with van der Waals surface area (Å²) in [6.07, 6.45) is 0.866. The molecule has 0 saturated heterocycles. The summed E-state index contributed by atoms with van der Waals surface area (Å²) in [5.41, 5.74) is 1.45. The normalized spacial score (nSPS) is 15.7. The van der Waals surface area contributed by atoms with Gasteiger partial charge in [-0.1, -0.05) is 6.07 Å². The van der Waals surface area contributed by atoms with Gasteiger partial charge in [0.05, 0.1) is 6.42 Å². The van der Waals surface area contributed by atoms with Crippen LogP contribution in [-0.2, 0) is 14.4 Å². The highest BCUT2D eigenvalue weighted by Gasteiger charge is 2.41. The topological polar surface area (TPSA) is 107 Å². The number of likely N-dealkylation sites (N-methyl/N-ethyl adjacent to an activating group) is 1. The minimum Gasteiger partial charge on any atom is -0.481 e. The zero-order valence-electron chi connectivity index (χ0n) is 18.8. The van der Waals surface area contributed by atoms with Crippen molar-refractivity contribution in [1.82, 2.24) is 10.2 Å². The van der Waals surface area contributed by atoms with Gasteiger partial charge >= 0.3 is 12.0 Å². The lowest BCUT2D eigenvalue weighted by Crippen LogP contribution is -2.58. The molecule has 0 fully saturated rings. The molecule has 8 nitrogen and oxygen atoms in total. The molecule has 34 heavy (non-hydrogen) atoms. The first-order chi connectivity index (χ1) is 16.0. The number of amides is 3. The Balaban J connectivity index is 2.12. The molecule has 3 rings (SSSR count). The number of benzene rings is 2. The number of carbonyl (C=O) groups is 4. The third-order valence-electron chi connectivity index (χ3n) is 5.39. The van der Waals surface area contributed by atoms with Gasteiger partial charge < -0.3 is 15.3 Å². The van der Waals surface area contributed by atoms with Gasteiger partial charge in [-0.3, -0.25) is 19.3 Å². The van der Waals surface area contributed by atoms with Crippen molar-refractivity contribution in [3.05, 3.63) is 65.4 Å². The number of carboxylic acids is 1. The third kappa shape index (κ3) is 5.11. The molecule has 1 aliphatic rings. The predicted octanol–water partition coefficient (Wildman–Crippen LogP) is 3.24. The molecule has 0 radical (unpaired) electrons. The van der Waals surface area contributed by atoms with Gasteiger partial charge in [0.15, 0.2) is 11.8 Å². The van der Waals surface area contributed by atoms with Crippen LogP contribution in [0.1, 0.15) is 18.9 Å². The molecule has 0 spiro atoms. The average molecular weight is 471 g/mol. The van der Waals surface area contributed by atoms with Gasteiger partial charge in [-0.2, -0.15) is 0 Å². The molecule has 1 heterocycles. The van der Waals surface area contributed by atoms with E-state index in [2.05, 4.69) is 5.32 Å². The number of aliphatic carboxylic acids is 1. The first-order valence-electron chi connectivity index (χ1n) is 10.3. The number of nitrogens with zero attached hydrogens (tertiary/aromatic N) is 2. The minimum atomic E-state index is -1.55. The average Bonchev–Trinajstić information content (AvgIpc) is 2.74. The molecule has 0 bridgehead atoms. The molecule has 1 atom stereocenters. The summed E-state index contributed by atoms with van der Waals surface area (Å²) < 4.78 is 27.9. The Hall–Kier alpha value is -4.08. The second-order valence-corrected chi connectivity index (χ2v) is 7.91. The van der Waals surface area contributed by atoms with Gasteiger partial charge in [0.2, 0.25) is 0 Å². The molecular formula is C24H23F2N3O5. The van der Waals surface area contributed by atoms with Crippen molar-refractivity contribution in [3.63, 3.8) is 0 Å². The van der Waals surface area contributed by atoms with Crippen molar-refractivity contribution >= 4 is 29.4 Å². The van der Waals surface area contributed by atoms with Crippen molar-refractivity contribution in [3.8, 4) is 11.1 Å². The Bertz CT molecular complexity index is 1210. The predicted molar refractivity (Wildman–Crippen MR) is 120 cm³/mol. The van der Waals surface area contributed by atoms with E-state index in [1.807, 2.05) is 0 Å². The molecular weight excluding hydrogens is 448 g/mol. The largest absolute Gasteiger partial charge is 0.481 e. The van der Waals surface area contributed by atoms with Crippen molar-refractivity contribution in [2.24, 2.45) is 0 Å². The molecule has 178 valence electrons. The van der Waals surface area contributed by atoms with Crippen molar-refractivity contribution in [2.45, 2.75) is 26.3 Å². The van der Waals surface area contributed by atoms with Gasteiger partial charge in [-0.15, -0.1) is 0 Å².